The number of carbonyl (C=O) groups is 2. The molecular weight excluding hydrogens is 226 g/mol. The lowest BCUT2D eigenvalue weighted by Gasteiger charge is -2.27. The maximum absolute atomic E-state index is 11.9. The molecule has 0 bridgehead atoms. The summed E-state index contributed by atoms with van der Waals surface area (Å²) < 4.78 is 0. The van der Waals surface area contributed by atoms with Crippen LogP contribution in [-0.4, -0.2) is 23.3 Å². The summed E-state index contributed by atoms with van der Waals surface area (Å²) in [5.74, 6) is 0.117. The van der Waals surface area contributed by atoms with Crippen LogP contribution in [0, 0.1) is 5.92 Å². The third-order valence-electron chi connectivity index (χ3n) is 3.15. The first-order valence-corrected chi connectivity index (χ1v) is 6.24. The summed E-state index contributed by atoms with van der Waals surface area (Å²) in [7, 11) is 0. The van der Waals surface area contributed by atoms with E-state index in [2.05, 4.69) is 0 Å². The predicted molar refractivity (Wildman–Crippen MR) is 70.6 cm³/mol. The van der Waals surface area contributed by atoms with Crippen LogP contribution in [0.25, 0.3) is 6.08 Å². The van der Waals surface area contributed by atoms with Gasteiger partial charge in [-0.15, -0.1) is 0 Å². The molecule has 2 rings (SSSR count). The fraction of sp³-hybridized carbons (Fsp3) is 0.333. The monoisotopic (exact) mass is 243 g/mol. The molecular formula is C15H17NO2. The summed E-state index contributed by atoms with van der Waals surface area (Å²) in [4.78, 5) is 25.0. The van der Waals surface area contributed by atoms with Gasteiger partial charge in [0.2, 0.25) is 5.91 Å². The van der Waals surface area contributed by atoms with E-state index in [1.807, 2.05) is 37.3 Å². The van der Waals surface area contributed by atoms with E-state index < -0.39 is 0 Å². The van der Waals surface area contributed by atoms with Gasteiger partial charge in [-0.2, -0.15) is 0 Å². The topological polar surface area (TPSA) is 37.4 Å². The van der Waals surface area contributed by atoms with Crippen LogP contribution >= 0.6 is 0 Å². The van der Waals surface area contributed by atoms with E-state index >= 15 is 0 Å². The summed E-state index contributed by atoms with van der Waals surface area (Å²) >= 11 is 0. The van der Waals surface area contributed by atoms with Crippen molar-refractivity contribution >= 4 is 17.9 Å². The van der Waals surface area contributed by atoms with Gasteiger partial charge in [-0.05, 0) is 24.0 Å². The lowest BCUT2D eigenvalue weighted by molar-refractivity contribution is -0.144. The van der Waals surface area contributed by atoms with Crippen molar-refractivity contribution in [2.75, 3.05) is 6.54 Å². The second-order valence-corrected chi connectivity index (χ2v) is 4.73. The Morgan fingerprint density at radius 2 is 2.06 bits per heavy atom. The first kappa shape index (κ1) is 12.6. The zero-order chi connectivity index (χ0) is 13.0. The van der Waals surface area contributed by atoms with Crippen LogP contribution in [0.3, 0.4) is 0 Å². The van der Waals surface area contributed by atoms with Crippen molar-refractivity contribution < 1.29 is 9.59 Å². The van der Waals surface area contributed by atoms with E-state index in [-0.39, 0.29) is 11.8 Å². The molecule has 3 nitrogen and oxygen atoms in total. The van der Waals surface area contributed by atoms with Crippen molar-refractivity contribution in [1.29, 1.82) is 0 Å². The highest BCUT2D eigenvalue weighted by Gasteiger charge is 2.26. The Morgan fingerprint density at radius 3 is 2.72 bits per heavy atom. The Labute approximate surface area is 107 Å². The number of amides is 2. The molecule has 0 N–H and O–H groups in total. The van der Waals surface area contributed by atoms with Gasteiger partial charge in [0.15, 0.2) is 0 Å². The van der Waals surface area contributed by atoms with E-state index in [4.69, 9.17) is 0 Å². The van der Waals surface area contributed by atoms with Crippen molar-refractivity contribution in [1.82, 2.24) is 4.90 Å². The van der Waals surface area contributed by atoms with E-state index in [9.17, 15) is 9.59 Å². The zero-order valence-electron chi connectivity index (χ0n) is 10.5. The Hall–Kier alpha value is -1.90. The third kappa shape index (κ3) is 3.06. The molecule has 0 aliphatic carbocycles. The number of benzene rings is 1. The van der Waals surface area contributed by atoms with Gasteiger partial charge < -0.3 is 0 Å². The molecule has 1 aliphatic heterocycles. The van der Waals surface area contributed by atoms with Gasteiger partial charge in [0.25, 0.3) is 5.91 Å². The molecule has 1 aromatic rings. The first-order valence-electron chi connectivity index (χ1n) is 6.24. The lowest BCUT2D eigenvalue weighted by Crippen LogP contribution is -2.41. The molecule has 0 spiro atoms. The molecule has 3 heteroatoms. The molecule has 1 fully saturated rings. The molecule has 1 heterocycles. The number of imide groups is 1. The summed E-state index contributed by atoms with van der Waals surface area (Å²) in [5.41, 5.74) is 0.962. The summed E-state index contributed by atoms with van der Waals surface area (Å²) in [6.45, 7) is 2.58. The van der Waals surface area contributed by atoms with Crippen LogP contribution in [0.5, 0.6) is 0 Å². The lowest BCUT2D eigenvalue weighted by atomic mass is 9.98. The van der Waals surface area contributed by atoms with Crippen LogP contribution in [-0.2, 0) is 9.59 Å². The maximum Gasteiger partial charge on any atom is 0.253 e. The molecule has 1 aliphatic rings. The number of rotatable bonds is 2. The van der Waals surface area contributed by atoms with Gasteiger partial charge in [0.05, 0.1) is 0 Å². The number of piperidine rings is 1. The predicted octanol–water partition coefficient (Wildman–Crippen LogP) is 2.48. The van der Waals surface area contributed by atoms with Gasteiger partial charge in [0, 0.05) is 19.0 Å². The number of carbonyl (C=O) groups excluding carboxylic acids is 2. The molecule has 1 unspecified atom stereocenters. The SMILES string of the molecule is CC1CCN(C(=O)/C=C/c2ccccc2)C(=O)C1. The molecule has 1 aromatic carbocycles. The number of hydrogen-bond donors (Lipinski definition) is 0. The fourth-order valence-electron chi connectivity index (χ4n) is 2.04. The second kappa shape index (κ2) is 5.63. The van der Waals surface area contributed by atoms with E-state index in [0.717, 1.165) is 12.0 Å². The molecule has 0 saturated carbocycles. The Balaban J connectivity index is 2.00. The van der Waals surface area contributed by atoms with Gasteiger partial charge in [-0.1, -0.05) is 37.3 Å². The average molecular weight is 243 g/mol. The van der Waals surface area contributed by atoms with Crippen LogP contribution in [0.15, 0.2) is 36.4 Å². The summed E-state index contributed by atoms with van der Waals surface area (Å²) in [6, 6.07) is 9.60. The smallest absolute Gasteiger partial charge is 0.253 e. The summed E-state index contributed by atoms with van der Waals surface area (Å²) in [5, 5.41) is 0. The average Bonchev–Trinajstić information content (AvgIpc) is 2.37. The van der Waals surface area contributed by atoms with E-state index in [0.29, 0.717) is 18.9 Å². The number of likely N-dealkylation sites (tertiary alicyclic amines) is 1. The minimum Gasteiger partial charge on any atom is -0.279 e. The molecule has 1 atom stereocenters. The van der Waals surface area contributed by atoms with Crippen molar-refractivity contribution in [3.05, 3.63) is 42.0 Å². The highest BCUT2D eigenvalue weighted by atomic mass is 16.2. The largest absolute Gasteiger partial charge is 0.279 e. The van der Waals surface area contributed by atoms with Gasteiger partial charge in [-0.3, -0.25) is 14.5 Å². The number of hydrogen-bond acceptors (Lipinski definition) is 2. The van der Waals surface area contributed by atoms with Crippen molar-refractivity contribution in [3.63, 3.8) is 0 Å². The third-order valence-corrected chi connectivity index (χ3v) is 3.15. The molecule has 2 amide bonds. The highest BCUT2D eigenvalue weighted by molar-refractivity contribution is 6.03. The Morgan fingerprint density at radius 1 is 1.33 bits per heavy atom. The zero-order valence-corrected chi connectivity index (χ0v) is 10.5. The number of nitrogens with zero attached hydrogens (tertiary/aromatic N) is 1. The quantitative estimate of drug-likeness (QED) is 0.748. The van der Waals surface area contributed by atoms with Gasteiger partial charge in [-0.25, -0.2) is 0 Å². The minimum atomic E-state index is -0.212. The molecule has 0 radical (unpaired) electrons. The first-order chi connectivity index (χ1) is 8.66. The van der Waals surface area contributed by atoms with Crippen molar-refractivity contribution in [2.45, 2.75) is 19.8 Å². The second-order valence-electron chi connectivity index (χ2n) is 4.73. The maximum atomic E-state index is 11.9. The molecule has 94 valence electrons. The fourth-order valence-corrected chi connectivity index (χ4v) is 2.04. The Bertz CT molecular complexity index is 465. The van der Waals surface area contributed by atoms with Crippen molar-refractivity contribution in [3.8, 4) is 0 Å². The van der Waals surface area contributed by atoms with Crippen LogP contribution in [0.4, 0.5) is 0 Å². The molecule has 0 aromatic heterocycles. The highest BCUT2D eigenvalue weighted by Crippen LogP contribution is 2.17. The normalized spacial score (nSPS) is 20.4. The Kier molecular flexibility index (Phi) is 3.92. The standard InChI is InChI=1S/C15H17NO2/c1-12-9-10-16(15(18)11-12)14(17)8-7-13-5-3-2-4-6-13/h2-8,12H,9-11H2,1H3/b8-7+. The van der Waals surface area contributed by atoms with Crippen molar-refractivity contribution in [2.24, 2.45) is 5.92 Å². The van der Waals surface area contributed by atoms with Crippen LogP contribution in [0.2, 0.25) is 0 Å². The summed E-state index contributed by atoms with van der Waals surface area (Å²) in [6.07, 6.45) is 4.60. The van der Waals surface area contributed by atoms with Gasteiger partial charge in [0.1, 0.15) is 0 Å². The van der Waals surface area contributed by atoms with E-state index in [1.54, 1.807) is 6.08 Å². The minimum absolute atomic E-state index is 0.0588. The van der Waals surface area contributed by atoms with E-state index in [1.165, 1.54) is 11.0 Å². The van der Waals surface area contributed by atoms with Crippen LogP contribution < -0.4 is 0 Å². The molecule has 1 saturated heterocycles. The molecule has 18 heavy (non-hydrogen) atoms. The van der Waals surface area contributed by atoms with Gasteiger partial charge >= 0.3 is 0 Å². The van der Waals surface area contributed by atoms with Crippen LogP contribution in [0.1, 0.15) is 25.3 Å².